The van der Waals surface area contributed by atoms with E-state index in [1.165, 1.54) is 0 Å². The number of ketones is 1. The predicted octanol–water partition coefficient (Wildman–Crippen LogP) is 3.50. The highest BCUT2D eigenvalue weighted by atomic mass is 16.3. The molecule has 0 aromatic heterocycles. The molecule has 2 aliphatic rings. The summed E-state index contributed by atoms with van der Waals surface area (Å²) in [5.41, 5.74) is 0.806. The SMILES string of the molecule is Cc1ccc2c(c1)C(=O)[C@@]1(O)C(=N2)N(c2ccccc2)CC1(C)C. The molecule has 122 valence electrons. The molecule has 4 nitrogen and oxygen atoms in total. The number of benzene rings is 2. The molecule has 4 heteroatoms. The molecule has 0 amide bonds. The number of amidine groups is 1. The lowest BCUT2D eigenvalue weighted by Crippen LogP contribution is -2.55. The molecule has 24 heavy (non-hydrogen) atoms. The van der Waals surface area contributed by atoms with Gasteiger partial charge in [0.25, 0.3) is 0 Å². The fourth-order valence-electron chi connectivity index (χ4n) is 3.69. The van der Waals surface area contributed by atoms with E-state index in [1.54, 1.807) is 0 Å². The van der Waals surface area contributed by atoms with Crippen LogP contribution in [0.15, 0.2) is 53.5 Å². The third kappa shape index (κ3) is 1.83. The van der Waals surface area contributed by atoms with Gasteiger partial charge in [-0.15, -0.1) is 0 Å². The van der Waals surface area contributed by atoms with E-state index in [0.29, 0.717) is 23.6 Å². The quantitative estimate of drug-likeness (QED) is 0.875. The highest BCUT2D eigenvalue weighted by Crippen LogP contribution is 2.48. The maximum absolute atomic E-state index is 13.2. The van der Waals surface area contributed by atoms with Gasteiger partial charge in [-0.25, -0.2) is 4.99 Å². The number of carbonyl (C=O) groups is 1. The molecular formula is C20H20N2O2. The van der Waals surface area contributed by atoms with E-state index < -0.39 is 11.0 Å². The van der Waals surface area contributed by atoms with E-state index in [9.17, 15) is 9.90 Å². The van der Waals surface area contributed by atoms with E-state index >= 15 is 0 Å². The van der Waals surface area contributed by atoms with Crippen LogP contribution in [0.4, 0.5) is 11.4 Å². The first-order valence-electron chi connectivity index (χ1n) is 8.14. The summed E-state index contributed by atoms with van der Waals surface area (Å²) < 4.78 is 0. The molecule has 0 unspecified atom stereocenters. The lowest BCUT2D eigenvalue weighted by Gasteiger charge is -2.36. The lowest BCUT2D eigenvalue weighted by molar-refractivity contribution is 0.0181. The molecule has 0 aliphatic carbocycles. The summed E-state index contributed by atoms with van der Waals surface area (Å²) in [5, 5.41) is 11.5. The van der Waals surface area contributed by atoms with Crippen molar-refractivity contribution < 1.29 is 9.90 Å². The number of Topliss-reactive ketones (excluding diaryl/α,β-unsaturated/α-hetero) is 1. The van der Waals surface area contributed by atoms with Crippen molar-refractivity contribution in [3.05, 3.63) is 59.7 Å². The lowest BCUT2D eigenvalue weighted by atomic mass is 9.71. The van der Waals surface area contributed by atoms with Crippen LogP contribution in [0.3, 0.4) is 0 Å². The Hall–Kier alpha value is -2.46. The van der Waals surface area contributed by atoms with Crippen molar-refractivity contribution in [3.63, 3.8) is 0 Å². The first-order chi connectivity index (χ1) is 11.3. The minimum absolute atomic E-state index is 0.255. The van der Waals surface area contributed by atoms with Crippen molar-refractivity contribution in [1.29, 1.82) is 0 Å². The van der Waals surface area contributed by atoms with Gasteiger partial charge in [-0.05, 0) is 31.2 Å². The predicted molar refractivity (Wildman–Crippen MR) is 95.1 cm³/mol. The van der Waals surface area contributed by atoms with Crippen molar-refractivity contribution in [2.45, 2.75) is 26.4 Å². The minimum Gasteiger partial charge on any atom is -0.374 e. The second kappa shape index (κ2) is 4.77. The Kier molecular flexibility index (Phi) is 3.00. The zero-order valence-corrected chi connectivity index (χ0v) is 14.1. The van der Waals surface area contributed by atoms with E-state index in [0.717, 1.165) is 11.3 Å². The molecular weight excluding hydrogens is 300 g/mol. The summed E-state index contributed by atoms with van der Waals surface area (Å²) in [7, 11) is 0. The standard InChI is InChI=1S/C20H20N2O2/c1-13-9-10-16-15(11-13)17(23)20(24)18(21-16)22(12-19(20,2)3)14-7-5-4-6-8-14/h4-11,24H,12H2,1-3H3/t20-/m1/s1. The number of anilines is 1. The summed E-state index contributed by atoms with van der Waals surface area (Å²) in [6.45, 7) is 6.31. The number of nitrogens with zero attached hydrogens (tertiary/aromatic N) is 2. The number of hydrogen-bond donors (Lipinski definition) is 1. The van der Waals surface area contributed by atoms with Gasteiger partial charge in [0.05, 0.1) is 5.69 Å². The van der Waals surface area contributed by atoms with Gasteiger partial charge in [0.1, 0.15) is 0 Å². The van der Waals surface area contributed by atoms with Crippen molar-refractivity contribution in [1.82, 2.24) is 0 Å². The fraction of sp³-hybridized carbons (Fsp3) is 0.300. The van der Waals surface area contributed by atoms with Crippen LogP contribution in [-0.4, -0.2) is 28.9 Å². The second-order valence-electron chi connectivity index (χ2n) is 7.30. The van der Waals surface area contributed by atoms with Crippen LogP contribution in [0.1, 0.15) is 29.8 Å². The molecule has 2 aliphatic heterocycles. The Morgan fingerprint density at radius 3 is 2.54 bits per heavy atom. The summed E-state index contributed by atoms with van der Waals surface area (Å²) >= 11 is 0. The van der Waals surface area contributed by atoms with Gasteiger partial charge in [0.15, 0.2) is 11.4 Å². The Labute approximate surface area is 141 Å². The maximum atomic E-state index is 13.2. The van der Waals surface area contributed by atoms with Crippen LogP contribution >= 0.6 is 0 Å². The average molecular weight is 320 g/mol. The van der Waals surface area contributed by atoms with Crippen LogP contribution in [0.25, 0.3) is 0 Å². The molecule has 2 aromatic rings. The smallest absolute Gasteiger partial charge is 0.204 e. The maximum Gasteiger partial charge on any atom is 0.204 e. The topological polar surface area (TPSA) is 52.9 Å². The zero-order chi connectivity index (χ0) is 17.1. The summed E-state index contributed by atoms with van der Waals surface area (Å²) in [6, 6.07) is 15.4. The third-order valence-corrected chi connectivity index (χ3v) is 5.13. The Bertz CT molecular complexity index is 870. The number of aliphatic imine (C=N–C) groups is 1. The number of fused-ring (bicyclic) bond motifs is 2. The Morgan fingerprint density at radius 2 is 1.83 bits per heavy atom. The molecule has 0 saturated carbocycles. The molecule has 1 fully saturated rings. The number of hydrogen-bond acceptors (Lipinski definition) is 4. The number of rotatable bonds is 1. The van der Waals surface area contributed by atoms with Crippen LogP contribution in [0.5, 0.6) is 0 Å². The highest BCUT2D eigenvalue weighted by Gasteiger charge is 2.63. The number of para-hydroxylation sites is 1. The minimum atomic E-state index is -1.61. The van der Waals surface area contributed by atoms with E-state index in [-0.39, 0.29) is 5.78 Å². The number of aliphatic hydroxyl groups is 1. The largest absolute Gasteiger partial charge is 0.374 e. The normalized spacial score (nSPS) is 24.4. The molecule has 0 spiro atoms. The van der Waals surface area contributed by atoms with Crippen molar-refractivity contribution in [2.75, 3.05) is 11.4 Å². The van der Waals surface area contributed by atoms with Crippen LogP contribution in [0, 0.1) is 12.3 Å². The fourth-order valence-corrected chi connectivity index (χ4v) is 3.69. The molecule has 1 N–H and O–H groups in total. The molecule has 1 atom stereocenters. The van der Waals surface area contributed by atoms with E-state index in [1.807, 2.05) is 74.2 Å². The van der Waals surface area contributed by atoms with Gasteiger partial charge in [-0.1, -0.05) is 43.7 Å². The van der Waals surface area contributed by atoms with Gasteiger partial charge in [0, 0.05) is 23.2 Å². The summed E-state index contributed by atoms with van der Waals surface area (Å²) in [5.74, 6) is 0.176. The van der Waals surface area contributed by atoms with Crippen LogP contribution in [0.2, 0.25) is 0 Å². The van der Waals surface area contributed by atoms with Crippen LogP contribution < -0.4 is 4.90 Å². The first kappa shape index (κ1) is 15.1. The molecule has 0 bridgehead atoms. The van der Waals surface area contributed by atoms with Crippen molar-refractivity contribution in [2.24, 2.45) is 10.4 Å². The van der Waals surface area contributed by atoms with Crippen LogP contribution in [-0.2, 0) is 0 Å². The molecule has 2 heterocycles. The van der Waals surface area contributed by atoms with E-state index in [2.05, 4.69) is 0 Å². The van der Waals surface area contributed by atoms with Gasteiger partial charge < -0.3 is 10.0 Å². The Morgan fingerprint density at radius 1 is 1.12 bits per heavy atom. The molecule has 2 aromatic carbocycles. The first-order valence-corrected chi connectivity index (χ1v) is 8.14. The van der Waals surface area contributed by atoms with Crippen molar-refractivity contribution in [3.8, 4) is 0 Å². The van der Waals surface area contributed by atoms with Gasteiger partial charge in [-0.2, -0.15) is 0 Å². The van der Waals surface area contributed by atoms with Gasteiger partial charge in [-0.3, -0.25) is 4.79 Å². The third-order valence-electron chi connectivity index (χ3n) is 5.13. The zero-order valence-electron chi connectivity index (χ0n) is 14.1. The van der Waals surface area contributed by atoms with E-state index in [4.69, 9.17) is 4.99 Å². The monoisotopic (exact) mass is 320 g/mol. The second-order valence-corrected chi connectivity index (χ2v) is 7.30. The van der Waals surface area contributed by atoms with Gasteiger partial charge in [0.2, 0.25) is 5.78 Å². The summed E-state index contributed by atoms with van der Waals surface area (Å²) in [4.78, 5) is 19.9. The number of carbonyl (C=O) groups excluding carboxylic acids is 1. The van der Waals surface area contributed by atoms with Crippen molar-refractivity contribution >= 4 is 23.0 Å². The molecule has 4 rings (SSSR count). The van der Waals surface area contributed by atoms with Gasteiger partial charge >= 0.3 is 0 Å². The summed E-state index contributed by atoms with van der Waals surface area (Å²) in [6.07, 6.45) is 0. The molecule has 0 radical (unpaired) electrons. The Balaban J connectivity index is 1.96. The highest BCUT2D eigenvalue weighted by molar-refractivity contribution is 6.29. The average Bonchev–Trinajstić information content (AvgIpc) is 2.78. The molecule has 1 saturated heterocycles. The number of aryl methyl sites for hydroxylation is 1.